The largest absolute Gasteiger partial charge is 0.356 e. The molecule has 1 aromatic heterocycles. The van der Waals surface area contributed by atoms with Gasteiger partial charge in [-0.25, -0.2) is 0 Å². The van der Waals surface area contributed by atoms with E-state index in [1.807, 2.05) is 29.2 Å². The zero-order valence-corrected chi connectivity index (χ0v) is 14.8. The lowest BCUT2D eigenvalue weighted by Crippen LogP contribution is -2.50. The molecule has 2 saturated heterocycles. The van der Waals surface area contributed by atoms with Crippen molar-refractivity contribution < 1.29 is 9.32 Å². The number of hydrogen-bond donors (Lipinski definition) is 0. The van der Waals surface area contributed by atoms with E-state index in [1.54, 1.807) is 0 Å². The fourth-order valence-corrected chi connectivity index (χ4v) is 4.26. The minimum absolute atomic E-state index is 0.179. The molecule has 2 aromatic rings. The number of hydrogen-bond acceptors (Lipinski definition) is 4. The first-order valence-electron chi connectivity index (χ1n) is 9.66. The number of carbonyl (C=O) groups excluding carboxylic acids is 1. The van der Waals surface area contributed by atoms with Crippen LogP contribution in [0.1, 0.15) is 44.2 Å². The summed E-state index contributed by atoms with van der Waals surface area (Å²) in [5.74, 6) is 0.179. The molecule has 2 aliphatic rings. The summed E-state index contributed by atoms with van der Waals surface area (Å²) in [6.45, 7) is 4.13. The van der Waals surface area contributed by atoms with Gasteiger partial charge in [0.25, 0.3) is 0 Å². The summed E-state index contributed by atoms with van der Waals surface area (Å²) >= 11 is 0. The van der Waals surface area contributed by atoms with Gasteiger partial charge < -0.3 is 9.42 Å². The Morgan fingerprint density at radius 3 is 2.72 bits per heavy atom. The van der Waals surface area contributed by atoms with Crippen molar-refractivity contribution in [3.8, 4) is 0 Å². The van der Waals surface area contributed by atoms with E-state index in [4.69, 9.17) is 4.52 Å². The van der Waals surface area contributed by atoms with Crippen LogP contribution in [0.4, 0.5) is 0 Å². The van der Waals surface area contributed by atoms with Crippen molar-refractivity contribution in [1.82, 2.24) is 15.0 Å². The summed E-state index contributed by atoms with van der Waals surface area (Å²) in [5, 5.41) is 5.07. The first-order chi connectivity index (χ1) is 12.3. The average Bonchev–Trinajstić information content (AvgIpc) is 2.87. The van der Waals surface area contributed by atoms with Crippen molar-refractivity contribution in [3.05, 3.63) is 30.0 Å². The van der Waals surface area contributed by atoms with Gasteiger partial charge in [-0.2, -0.15) is 0 Å². The molecule has 0 saturated carbocycles. The van der Waals surface area contributed by atoms with Crippen LogP contribution in [-0.2, 0) is 11.2 Å². The van der Waals surface area contributed by atoms with Crippen LogP contribution in [0.2, 0.25) is 0 Å². The molecule has 2 aliphatic heterocycles. The lowest BCUT2D eigenvalue weighted by Gasteiger charge is -2.39. The highest BCUT2D eigenvalue weighted by molar-refractivity contribution is 5.86. The third kappa shape index (κ3) is 3.71. The van der Waals surface area contributed by atoms with Crippen molar-refractivity contribution >= 4 is 16.9 Å². The summed E-state index contributed by atoms with van der Waals surface area (Å²) in [6.07, 6.45) is 7.97. The molecule has 0 N–H and O–H groups in total. The van der Waals surface area contributed by atoms with E-state index in [2.05, 4.69) is 10.1 Å². The van der Waals surface area contributed by atoms with Crippen LogP contribution >= 0.6 is 0 Å². The smallest absolute Gasteiger partial charge is 0.228 e. The molecule has 25 heavy (non-hydrogen) atoms. The number of nitrogens with zero attached hydrogens (tertiary/aromatic N) is 3. The van der Waals surface area contributed by atoms with Gasteiger partial charge in [-0.05, 0) is 50.9 Å². The number of carbonyl (C=O) groups is 1. The maximum atomic E-state index is 12.8. The van der Waals surface area contributed by atoms with Gasteiger partial charge in [0.2, 0.25) is 5.91 Å². The van der Waals surface area contributed by atoms with Crippen molar-refractivity contribution in [3.63, 3.8) is 0 Å². The molecular formula is C20H27N3O2. The number of likely N-dealkylation sites (tertiary alicyclic amines) is 2. The Morgan fingerprint density at radius 1 is 1.08 bits per heavy atom. The lowest BCUT2D eigenvalue weighted by atomic mass is 10.0. The molecule has 0 bridgehead atoms. The molecule has 134 valence electrons. The van der Waals surface area contributed by atoms with Crippen LogP contribution in [0.5, 0.6) is 0 Å². The van der Waals surface area contributed by atoms with Crippen molar-refractivity contribution in [2.45, 2.75) is 51.0 Å². The number of aromatic nitrogens is 1. The Bertz CT molecular complexity index is 719. The number of para-hydroxylation sites is 1. The van der Waals surface area contributed by atoms with Gasteiger partial charge in [-0.15, -0.1) is 0 Å². The molecule has 1 atom stereocenters. The van der Waals surface area contributed by atoms with Gasteiger partial charge in [0.1, 0.15) is 5.69 Å². The molecule has 5 nitrogen and oxygen atoms in total. The number of piperidine rings is 1. The van der Waals surface area contributed by atoms with Crippen LogP contribution in [0.25, 0.3) is 11.0 Å². The minimum Gasteiger partial charge on any atom is -0.356 e. The van der Waals surface area contributed by atoms with Crippen LogP contribution in [-0.4, -0.2) is 53.1 Å². The van der Waals surface area contributed by atoms with Gasteiger partial charge in [0.15, 0.2) is 5.58 Å². The molecule has 1 aromatic carbocycles. The third-order valence-corrected chi connectivity index (χ3v) is 5.68. The van der Waals surface area contributed by atoms with E-state index >= 15 is 0 Å². The van der Waals surface area contributed by atoms with Gasteiger partial charge >= 0.3 is 0 Å². The lowest BCUT2D eigenvalue weighted by molar-refractivity contribution is -0.132. The number of amides is 1. The minimum atomic E-state index is 0.179. The summed E-state index contributed by atoms with van der Waals surface area (Å²) in [6, 6.07) is 8.29. The molecule has 1 amide bonds. The van der Waals surface area contributed by atoms with Crippen molar-refractivity contribution in [2.24, 2.45) is 0 Å². The Labute approximate surface area is 148 Å². The van der Waals surface area contributed by atoms with Crippen LogP contribution in [0, 0.1) is 0 Å². The first kappa shape index (κ1) is 16.6. The molecule has 4 rings (SSSR count). The molecule has 0 unspecified atom stereocenters. The van der Waals surface area contributed by atoms with Crippen LogP contribution < -0.4 is 0 Å². The molecule has 3 heterocycles. The monoisotopic (exact) mass is 341 g/mol. The van der Waals surface area contributed by atoms with Crippen LogP contribution in [0.15, 0.2) is 28.8 Å². The molecule has 0 radical (unpaired) electrons. The highest BCUT2D eigenvalue weighted by Gasteiger charge is 2.28. The van der Waals surface area contributed by atoms with E-state index < -0.39 is 0 Å². The maximum absolute atomic E-state index is 12.8. The van der Waals surface area contributed by atoms with E-state index in [0.717, 1.165) is 36.2 Å². The quantitative estimate of drug-likeness (QED) is 0.860. The second-order valence-corrected chi connectivity index (χ2v) is 7.39. The van der Waals surface area contributed by atoms with E-state index in [1.165, 1.54) is 45.2 Å². The summed E-state index contributed by atoms with van der Waals surface area (Å²) < 4.78 is 5.34. The SMILES string of the molecule is O=C(Cc1noc2ccccc12)N1CCC[C@H](N2CCCCCC2)C1. The van der Waals surface area contributed by atoms with E-state index in [9.17, 15) is 4.79 Å². The van der Waals surface area contributed by atoms with Gasteiger partial charge in [-0.1, -0.05) is 30.1 Å². The number of rotatable bonds is 3. The fraction of sp³-hybridized carbons (Fsp3) is 0.600. The predicted molar refractivity (Wildman–Crippen MR) is 97.4 cm³/mol. The van der Waals surface area contributed by atoms with E-state index in [0.29, 0.717) is 12.5 Å². The van der Waals surface area contributed by atoms with Crippen molar-refractivity contribution in [2.75, 3.05) is 26.2 Å². The summed E-state index contributed by atoms with van der Waals surface area (Å²) in [4.78, 5) is 17.5. The second kappa shape index (κ2) is 7.56. The number of benzene rings is 1. The zero-order chi connectivity index (χ0) is 17.1. The predicted octanol–water partition coefficient (Wildman–Crippen LogP) is 3.24. The zero-order valence-electron chi connectivity index (χ0n) is 14.8. The highest BCUT2D eigenvalue weighted by Crippen LogP contribution is 2.22. The molecule has 5 heteroatoms. The maximum Gasteiger partial charge on any atom is 0.228 e. The Kier molecular flexibility index (Phi) is 5.02. The Balaban J connectivity index is 1.41. The van der Waals surface area contributed by atoms with E-state index in [-0.39, 0.29) is 5.91 Å². The molecular weight excluding hydrogens is 314 g/mol. The second-order valence-electron chi connectivity index (χ2n) is 7.39. The van der Waals surface area contributed by atoms with Crippen LogP contribution in [0.3, 0.4) is 0 Å². The molecule has 0 aliphatic carbocycles. The first-order valence-corrected chi connectivity index (χ1v) is 9.66. The highest BCUT2D eigenvalue weighted by atomic mass is 16.5. The van der Waals surface area contributed by atoms with Gasteiger partial charge in [0.05, 0.1) is 6.42 Å². The average molecular weight is 341 g/mol. The molecule has 2 fully saturated rings. The fourth-order valence-electron chi connectivity index (χ4n) is 4.26. The normalized spacial score (nSPS) is 22.9. The Morgan fingerprint density at radius 2 is 1.88 bits per heavy atom. The number of fused-ring (bicyclic) bond motifs is 1. The van der Waals surface area contributed by atoms with Crippen molar-refractivity contribution in [1.29, 1.82) is 0 Å². The standard InChI is InChI=1S/C20H27N3O2/c24-20(14-18-17-9-3-4-10-19(17)25-21-18)23-13-7-8-16(15-23)22-11-5-1-2-6-12-22/h3-4,9-10,16H,1-2,5-8,11-15H2/t16-/m0/s1. The third-order valence-electron chi connectivity index (χ3n) is 5.68. The van der Waals surface area contributed by atoms with Gasteiger partial charge in [0, 0.05) is 24.5 Å². The Hall–Kier alpha value is -1.88. The summed E-state index contributed by atoms with van der Waals surface area (Å²) in [5.41, 5.74) is 1.52. The molecule has 0 spiro atoms. The topological polar surface area (TPSA) is 49.6 Å². The van der Waals surface area contributed by atoms with Gasteiger partial charge in [-0.3, -0.25) is 9.69 Å². The summed E-state index contributed by atoms with van der Waals surface area (Å²) in [7, 11) is 0.